The van der Waals surface area contributed by atoms with E-state index in [0.29, 0.717) is 24.1 Å². The second kappa shape index (κ2) is 4.99. The fourth-order valence-electron chi connectivity index (χ4n) is 3.95. The molecule has 0 spiro atoms. The van der Waals surface area contributed by atoms with Crippen molar-refractivity contribution in [2.24, 2.45) is 0 Å². The minimum atomic E-state index is 0.335. The molecule has 114 valence electrons. The second-order valence-electron chi connectivity index (χ2n) is 6.09. The molecule has 3 unspecified atom stereocenters. The average molecular weight is 309 g/mol. The van der Waals surface area contributed by atoms with Crippen molar-refractivity contribution in [3.8, 4) is 0 Å². The van der Waals surface area contributed by atoms with Gasteiger partial charge in [-0.05, 0) is 33.1 Å². The molecule has 0 aliphatic carbocycles. The number of halogens is 1. The Morgan fingerprint density at radius 1 is 1.38 bits per heavy atom. The Balaban J connectivity index is 1.89. The van der Waals surface area contributed by atoms with Crippen LogP contribution in [-0.4, -0.2) is 37.4 Å². The maximum atomic E-state index is 6.06. The summed E-state index contributed by atoms with van der Waals surface area (Å²) >= 11 is 5.99. The number of nitrogens with zero attached hydrogens (tertiary/aromatic N) is 4. The molecule has 0 saturated carbocycles. The molecule has 2 aliphatic heterocycles. The van der Waals surface area contributed by atoms with Gasteiger partial charge in [0.05, 0.1) is 23.9 Å². The molecule has 2 fully saturated rings. The zero-order valence-electron chi connectivity index (χ0n) is 12.5. The molecule has 21 heavy (non-hydrogen) atoms. The van der Waals surface area contributed by atoms with Crippen LogP contribution < -0.4 is 0 Å². The number of aryl methyl sites for hydroxylation is 3. The lowest BCUT2D eigenvalue weighted by Gasteiger charge is -2.23. The topological polar surface area (TPSA) is 44.9 Å². The standard InChI is InChI=1S/C15H21ClN4O/c1-3-19-15-14(9(2)18-19)17-13(6-7-16)20(15)11-8-10-4-5-12(11)21-10/h10-12H,3-8H2,1-2H3. The number of alkyl halides is 1. The minimum absolute atomic E-state index is 0.335. The molecule has 2 saturated heterocycles. The summed E-state index contributed by atoms with van der Waals surface area (Å²) in [5.74, 6) is 1.68. The number of hydrogen-bond donors (Lipinski definition) is 0. The van der Waals surface area contributed by atoms with E-state index in [0.717, 1.165) is 48.5 Å². The molecule has 5 nitrogen and oxygen atoms in total. The van der Waals surface area contributed by atoms with Crippen LogP contribution in [0.5, 0.6) is 0 Å². The molecule has 2 aromatic rings. The van der Waals surface area contributed by atoms with E-state index in [2.05, 4.69) is 21.3 Å². The first-order valence-corrected chi connectivity index (χ1v) is 8.42. The summed E-state index contributed by atoms with van der Waals surface area (Å²) in [5, 5.41) is 4.62. The molecule has 4 rings (SSSR count). The quantitative estimate of drug-likeness (QED) is 0.816. The van der Waals surface area contributed by atoms with Crippen LogP contribution >= 0.6 is 11.6 Å². The SMILES string of the molecule is CCn1nc(C)c2nc(CCCl)n(C3CC4CCC3O4)c21. The summed E-state index contributed by atoms with van der Waals surface area (Å²) in [6.45, 7) is 5.02. The molecule has 6 heteroatoms. The van der Waals surface area contributed by atoms with Gasteiger partial charge in [0.25, 0.3) is 0 Å². The molecule has 0 amide bonds. The third kappa shape index (κ3) is 1.94. The average Bonchev–Trinajstić information content (AvgIpc) is 3.20. The Morgan fingerprint density at radius 2 is 2.24 bits per heavy atom. The molecular weight excluding hydrogens is 288 g/mol. The van der Waals surface area contributed by atoms with E-state index in [9.17, 15) is 0 Å². The van der Waals surface area contributed by atoms with Crippen molar-refractivity contribution >= 4 is 22.8 Å². The first-order chi connectivity index (χ1) is 10.2. The van der Waals surface area contributed by atoms with Crippen LogP contribution in [0.4, 0.5) is 0 Å². The van der Waals surface area contributed by atoms with Gasteiger partial charge in [-0.1, -0.05) is 0 Å². The number of imidazole rings is 1. The van der Waals surface area contributed by atoms with E-state index in [1.54, 1.807) is 0 Å². The van der Waals surface area contributed by atoms with Crippen LogP contribution in [0.3, 0.4) is 0 Å². The van der Waals surface area contributed by atoms with Gasteiger partial charge in [-0.2, -0.15) is 5.10 Å². The highest BCUT2D eigenvalue weighted by atomic mass is 35.5. The Labute approximate surface area is 129 Å². The predicted molar refractivity (Wildman–Crippen MR) is 81.9 cm³/mol. The van der Waals surface area contributed by atoms with E-state index >= 15 is 0 Å². The summed E-state index contributed by atoms with van der Waals surface area (Å²) in [6.07, 6.45) is 5.03. The highest BCUT2D eigenvalue weighted by Gasteiger charge is 2.43. The molecule has 0 aromatic carbocycles. The zero-order chi connectivity index (χ0) is 14.6. The highest BCUT2D eigenvalue weighted by molar-refractivity contribution is 6.17. The van der Waals surface area contributed by atoms with Crippen molar-refractivity contribution in [2.75, 3.05) is 5.88 Å². The van der Waals surface area contributed by atoms with Crippen LogP contribution in [0.15, 0.2) is 0 Å². The van der Waals surface area contributed by atoms with Gasteiger partial charge in [-0.15, -0.1) is 11.6 Å². The maximum Gasteiger partial charge on any atom is 0.159 e. The number of fused-ring (bicyclic) bond motifs is 3. The Morgan fingerprint density at radius 3 is 2.86 bits per heavy atom. The molecule has 0 N–H and O–H groups in total. The van der Waals surface area contributed by atoms with Crippen molar-refractivity contribution in [1.82, 2.24) is 19.3 Å². The summed E-state index contributed by atoms with van der Waals surface area (Å²) in [5.41, 5.74) is 3.18. The van der Waals surface area contributed by atoms with Gasteiger partial charge >= 0.3 is 0 Å². The number of hydrogen-bond acceptors (Lipinski definition) is 3. The molecule has 4 heterocycles. The molecule has 0 radical (unpaired) electrons. The molecular formula is C15H21ClN4O. The zero-order valence-corrected chi connectivity index (χ0v) is 13.3. The van der Waals surface area contributed by atoms with Gasteiger partial charge in [-0.3, -0.25) is 0 Å². The van der Waals surface area contributed by atoms with Gasteiger partial charge < -0.3 is 9.30 Å². The minimum Gasteiger partial charge on any atom is -0.373 e. The lowest BCUT2D eigenvalue weighted by Crippen LogP contribution is -2.24. The van der Waals surface area contributed by atoms with E-state index in [1.807, 2.05) is 6.92 Å². The van der Waals surface area contributed by atoms with Gasteiger partial charge in [0.1, 0.15) is 11.3 Å². The third-order valence-electron chi connectivity index (χ3n) is 4.84. The summed E-state index contributed by atoms with van der Waals surface area (Å²) in [7, 11) is 0. The summed E-state index contributed by atoms with van der Waals surface area (Å²) < 4.78 is 10.5. The van der Waals surface area contributed by atoms with Crippen LogP contribution in [0.1, 0.15) is 43.7 Å². The van der Waals surface area contributed by atoms with Crippen molar-refractivity contribution in [3.05, 3.63) is 11.5 Å². The smallest absolute Gasteiger partial charge is 0.159 e. The second-order valence-corrected chi connectivity index (χ2v) is 6.47. The van der Waals surface area contributed by atoms with Crippen LogP contribution in [-0.2, 0) is 17.7 Å². The fourth-order valence-corrected chi connectivity index (χ4v) is 4.12. The van der Waals surface area contributed by atoms with Gasteiger partial charge in [0.2, 0.25) is 0 Å². The lowest BCUT2D eigenvalue weighted by molar-refractivity contribution is 0.0938. The van der Waals surface area contributed by atoms with Crippen LogP contribution in [0.2, 0.25) is 0 Å². The first-order valence-electron chi connectivity index (χ1n) is 7.88. The Bertz CT molecular complexity index is 677. The number of ether oxygens (including phenoxy) is 1. The van der Waals surface area contributed by atoms with Gasteiger partial charge in [-0.25, -0.2) is 9.67 Å². The van der Waals surface area contributed by atoms with Crippen molar-refractivity contribution < 1.29 is 4.74 Å². The summed E-state index contributed by atoms with van der Waals surface area (Å²) in [6, 6.07) is 0.397. The first kappa shape index (κ1) is 13.6. The molecule has 2 aliphatic rings. The lowest BCUT2D eigenvalue weighted by atomic mass is 9.95. The molecule has 2 aromatic heterocycles. The Kier molecular flexibility index (Phi) is 3.23. The van der Waals surface area contributed by atoms with Crippen LogP contribution in [0.25, 0.3) is 11.2 Å². The van der Waals surface area contributed by atoms with Gasteiger partial charge in [0.15, 0.2) is 5.65 Å². The summed E-state index contributed by atoms with van der Waals surface area (Å²) in [4.78, 5) is 4.84. The van der Waals surface area contributed by atoms with Gasteiger partial charge in [0, 0.05) is 18.8 Å². The third-order valence-corrected chi connectivity index (χ3v) is 5.03. The van der Waals surface area contributed by atoms with E-state index in [-0.39, 0.29) is 0 Å². The van der Waals surface area contributed by atoms with E-state index < -0.39 is 0 Å². The Hall–Kier alpha value is -1.07. The molecule has 3 atom stereocenters. The van der Waals surface area contributed by atoms with Crippen LogP contribution in [0, 0.1) is 6.92 Å². The largest absolute Gasteiger partial charge is 0.373 e. The van der Waals surface area contributed by atoms with Crippen molar-refractivity contribution in [3.63, 3.8) is 0 Å². The fraction of sp³-hybridized carbons (Fsp3) is 0.733. The number of aromatic nitrogens is 4. The maximum absolute atomic E-state index is 6.06. The monoisotopic (exact) mass is 308 g/mol. The molecule has 2 bridgehead atoms. The number of rotatable bonds is 4. The predicted octanol–water partition coefficient (Wildman–Crippen LogP) is 2.83. The van der Waals surface area contributed by atoms with E-state index in [4.69, 9.17) is 21.3 Å². The van der Waals surface area contributed by atoms with Crippen molar-refractivity contribution in [1.29, 1.82) is 0 Å². The van der Waals surface area contributed by atoms with Crippen molar-refractivity contribution in [2.45, 2.75) is 64.3 Å². The highest BCUT2D eigenvalue weighted by Crippen LogP contribution is 2.43. The normalized spacial score (nSPS) is 28.0. The van der Waals surface area contributed by atoms with E-state index in [1.165, 1.54) is 6.42 Å².